The minimum atomic E-state index is -0.580. The molecule has 0 fully saturated rings. The molecule has 0 aromatic heterocycles. The summed E-state index contributed by atoms with van der Waals surface area (Å²) in [5.41, 5.74) is 2.80. The molecule has 1 aliphatic rings. The number of benzene rings is 2. The number of carbonyl (C=O) groups is 3. The lowest BCUT2D eigenvalue weighted by atomic mass is 9.99. The van der Waals surface area contributed by atoms with Crippen molar-refractivity contribution < 1.29 is 19.1 Å². The van der Waals surface area contributed by atoms with Crippen LogP contribution in [-0.2, 0) is 14.3 Å². The van der Waals surface area contributed by atoms with Crippen LogP contribution in [0.25, 0.3) is 6.08 Å². The molecule has 138 valence electrons. The van der Waals surface area contributed by atoms with Gasteiger partial charge in [0.2, 0.25) is 5.91 Å². The van der Waals surface area contributed by atoms with Gasteiger partial charge in [-0.1, -0.05) is 12.1 Å². The fourth-order valence-electron chi connectivity index (χ4n) is 2.74. The topological polar surface area (TPSA) is 72.5 Å². The van der Waals surface area contributed by atoms with Gasteiger partial charge in [-0.3, -0.25) is 9.59 Å². The van der Waals surface area contributed by atoms with Crippen LogP contribution in [0.5, 0.6) is 0 Å². The third-order valence-electron chi connectivity index (χ3n) is 4.36. The molecule has 1 aliphatic heterocycles. The van der Waals surface area contributed by atoms with Crippen molar-refractivity contribution in [3.8, 4) is 0 Å². The van der Waals surface area contributed by atoms with E-state index < -0.39 is 5.97 Å². The summed E-state index contributed by atoms with van der Waals surface area (Å²) in [6.07, 6.45) is 4.94. The maximum absolute atomic E-state index is 12.3. The van der Waals surface area contributed by atoms with Crippen LogP contribution in [0.3, 0.4) is 0 Å². The molecule has 3 rings (SSSR count). The van der Waals surface area contributed by atoms with Gasteiger partial charge in [0.25, 0.3) is 0 Å². The van der Waals surface area contributed by atoms with Gasteiger partial charge in [-0.15, -0.1) is 11.8 Å². The van der Waals surface area contributed by atoms with E-state index in [1.165, 1.54) is 6.08 Å². The van der Waals surface area contributed by atoms with Crippen LogP contribution >= 0.6 is 11.8 Å². The maximum atomic E-state index is 12.3. The molecular weight excluding hydrogens is 362 g/mol. The molecule has 0 aliphatic carbocycles. The van der Waals surface area contributed by atoms with E-state index >= 15 is 0 Å². The van der Waals surface area contributed by atoms with E-state index in [1.807, 2.05) is 30.5 Å². The van der Waals surface area contributed by atoms with E-state index in [9.17, 15) is 14.4 Å². The standard InChI is InChI=1S/C21H19NO4S/c1-13-17-11-15(6-9-18(17)22-21(13)25)19(23)12-26-20(24)10-5-14-3-7-16(27-2)8-4-14/h3-11,13H,12H2,1-2H3,(H,22,25)/b10-5+/t13-/m0/s1. The first-order valence-corrected chi connectivity index (χ1v) is 9.67. The van der Waals surface area contributed by atoms with E-state index in [1.54, 1.807) is 43.0 Å². The number of hydrogen-bond acceptors (Lipinski definition) is 5. The average molecular weight is 381 g/mol. The molecule has 0 spiro atoms. The fraction of sp³-hybridized carbons (Fsp3) is 0.190. The van der Waals surface area contributed by atoms with Gasteiger partial charge in [-0.25, -0.2) is 4.79 Å². The molecule has 0 saturated carbocycles. The van der Waals surface area contributed by atoms with Gasteiger partial charge in [-0.05, 0) is 60.7 Å². The van der Waals surface area contributed by atoms with Crippen molar-refractivity contribution in [2.24, 2.45) is 0 Å². The monoisotopic (exact) mass is 381 g/mol. The highest BCUT2D eigenvalue weighted by molar-refractivity contribution is 7.98. The molecule has 6 heteroatoms. The Balaban J connectivity index is 1.56. The fourth-order valence-corrected chi connectivity index (χ4v) is 3.15. The Labute approximate surface area is 161 Å². The first-order chi connectivity index (χ1) is 13.0. The number of amides is 1. The van der Waals surface area contributed by atoms with Gasteiger partial charge in [0.1, 0.15) is 0 Å². The number of ether oxygens (including phenoxy) is 1. The number of anilines is 1. The lowest BCUT2D eigenvalue weighted by Gasteiger charge is -2.06. The third kappa shape index (κ3) is 4.46. The smallest absolute Gasteiger partial charge is 0.331 e. The zero-order chi connectivity index (χ0) is 19.4. The Bertz CT molecular complexity index is 918. The maximum Gasteiger partial charge on any atom is 0.331 e. The van der Waals surface area contributed by atoms with E-state index in [-0.39, 0.29) is 24.2 Å². The van der Waals surface area contributed by atoms with Crippen LogP contribution in [0.2, 0.25) is 0 Å². The van der Waals surface area contributed by atoms with Crippen molar-refractivity contribution in [1.29, 1.82) is 0 Å². The zero-order valence-corrected chi connectivity index (χ0v) is 15.8. The highest BCUT2D eigenvalue weighted by Gasteiger charge is 2.27. The normalized spacial score (nSPS) is 15.5. The molecule has 1 atom stereocenters. The molecule has 1 amide bonds. The lowest BCUT2D eigenvalue weighted by Crippen LogP contribution is -2.13. The molecule has 0 saturated heterocycles. The molecule has 2 aromatic rings. The largest absolute Gasteiger partial charge is 0.454 e. The van der Waals surface area contributed by atoms with E-state index in [0.717, 1.165) is 21.7 Å². The van der Waals surface area contributed by atoms with Crippen molar-refractivity contribution >= 4 is 41.2 Å². The van der Waals surface area contributed by atoms with Gasteiger partial charge < -0.3 is 10.1 Å². The quantitative estimate of drug-likeness (QED) is 0.356. The summed E-state index contributed by atoms with van der Waals surface area (Å²) in [7, 11) is 0. The van der Waals surface area contributed by atoms with Gasteiger partial charge in [0.05, 0.1) is 5.92 Å². The van der Waals surface area contributed by atoms with E-state index in [2.05, 4.69) is 5.32 Å². The Hall–Kier alpha value is -2.86. The SMILES string of the molecule is CSc1ccc(/C=C/C(=O)OCC(=O)c2ccc3c(c2)[C@H](C)C(=O)N3)cc1. The van der Waals surface area contributed by atoms with Crippen LogP contribution in [0.4, 0.5) is 5.69 Å². The summed E-state index contributed by atoms with van der Waals surface area (Å²) >= 11 is 1.64. The second-order valence-corrected chi connectivity index (χ2v) is 7.03. The third-order valence-corrected chi connectivity index (χ3v) is 5.11. The predicted molar refractivity (Wildman–Crippen MR) is 106 cm³/mol. The number of rotatable bonds is 6. The molecule has 0 bridgehead atoms. The number of esters is 1. The Morgan fingerprint density at radius 3 is 2.63 bits per heavy atom. The molecule has 1 N–H and O–H groups in total. The van der Waals surface area contributed by atoms with E-state index in [0.29, 0.717) is 5.56 Å². The number of hydrogen-bond donors (Lipinski definition) is 1. The number of ketones is 1. The predicted octanol–water partition coefficient (Wildman–Crippen LogP) is 3.90. The van der Waals surface area contributed by atoms with Crippen molar-refractivity contribution in [2.45, 2.75) is 17.7 Å². The Morgan fingerprint density at radius 1 is 1.19 bits per heavy atom. The summed E-state index contributed by atoms with van der Waals surface area (Å²) in [4.78, 5) is 36.9. The van der Waals surface area contributed by atoms with Gasteiger partial charge in [0, 0.05) is 22.2 Å². The first-order valence-electron chi connectivity index (χ1n) is 8.45. The van der Waals surface area contributed by atoms with Crippen LogP contribution in [0.1, 0.15) is 34.3 Å². The van der Waals surface area contributed by atoms with Gasteiger partial charge in [0.15, 0.2) is 12.4 Å². The van der Waals surface area contributed by atoms with Gasteiger partial charge >= 0.3 is 5.97 Å². The summed E-state index contributed by atoms with van der Waals surface area (Å²) in [6.45, 7) is 1.44. The summed E-state index contributed by atoms with van der Waals surface area (Å²) in [5.74, 6) is -1.27. The van der Waals surface area contributed by atoms with Crippen LogP contribution in [-0.4, -0.2) is 30.5 Å². The summed E-state index contributed by atoms with van der Waals surface area (Å²) in [5, 5.41) is 2.76. The molecule has 1 heterocycles. The minimum Gasteiger partial charge on any atom is -0.454 e. The summed E-state index contributed by atoms with van der Waals surface area (Å²) < 4.78 is 5.03. The Kier molecular flexibility index (Phi) is 5.76. The molecule has 27 heavy (non-hydrogen) atoms. The van der Waals surface area contributed by atoms with Gasteiger partial charge in [-0.2, -0.15) is 0 Å². The van der Waals surface area contributed by atoms with E-state index in [4.69, 9.17) is 4.74 Å². The van der Waals surface area contributed by atoms with Crippen LogP contribution in [0.15, 0.2) is 53.4 Å². The average Bonchev–Trinajstić information content (AvgIpc) is 2.98. The molecular formula is C21H19NO4S. The summed E-state index contributed by atoms with van der Waals surface area (Å²) in [6, 6.07) is 12.7. The Morgan fingerprint density at radius 2 is 1.93 bits per heavy atom. The number of nitrogens with one attached hydrogen (secondary N) is 1. The molecule has 5 nitrogen and oxygen atoms in total. The minimum absolute atomic E-state index is 0.0864. The lowest BCUT2D eigenvalue weighted by molar-refractivity contribution is -0.136. The second kappa shape index (κ2) is 8.22. The van der Waals surface area contributed by atoms with Crippen molar-refractivity contribution in [3.63, 3.8) is 0 Å². The number of thioether (sulfide) groups is 1. The highest BCUT2D eigenvalue weighted by Crippen LogP contribution is 2.32. The highest BCUT2D eigenvalue weighted by atomic mass is 32.2. The first kappa shape index (κ1) is 18.9. The van der Waals surface area contributed by atoms with Crippen LogP contribution < -0.4 is 5.32 Å². The molecule has 0 unspecified atom stereocenters. The second-order valence-electron chi connectivity index (χ2n) is 6.15. The van der Waals surface area contributed by atoms with Crippen molar-refractivity contribution in [2.75, 3.05) is 18.2 Å². The number of Topliss-reactive ketones (excluding diaryl/α,β-unsaturated/α-hetero) is 1. The number of fused-ring (bicyclic) bond motifs is 1. The zero-order valence-electron chi connectivity index (χ0n) is 15.0. The molecule has 0 radical (unpaired) electrons. The molecule has 2 aromatic carbocycles. The van der Waals surface area contributed by atoms with Crippen molar-refractivity contribution in [3.05, 3.63) is 65.2 Å². The number of carbonyl (C=O) groups excluding carboxylic acids is 3. The van der Waals surface area contributed by atoms with Crippen molar-refractivity contribution in [1.82, 2.24) is 0 Å². The van der Waals surface area contributed by atoms with Crippen LogP contribution in [0, 0.1) is 0 Å².